The summed E-state index contributed by atoms with van der Waals surface area (Å²) in [4.78, 5) is 30.0. The highest BCUT2D eigenvalue weighted by atomic mass is 16.5. The van der Waals surface area contributed by atoms with Gasteiger partial charge in [-0.1, -0.05) is 18.1 Å². The fourth-order valence-corrected chi connectivity index (χ4v) is 3.31. The lowest BCUT2D eigenvalue weighted by molar-refractivity contribution is 0.0914. The third-order valence-corrected chi connectivity index (χ3v) is 5.10. The molecule has 1 aromatic heterocycles. The van der Waals surface area contributed by atoms with Crippen LogP contribution in [0.25, 0.3) is 11.3 Å². The average molecular weight is 459 g/mol. The molecule has 0 aliphatic rings. The average Bonchev–Trinajstić information content (AvgIpc) is 2.89. The number of ether oxygens (including phenoxy) is 3. The minimum atomic E-state index is -0.257. The lowest BCUT2D eigenvalue weighted by atomic mass is 10.0. The molecule has 0 saturated heterocycles. The molecule has 3 aromatic rings. The predicted octanol–water partition coefficient (Wildman–Crippen LogP) is 3.96. The molecular weight excluding hydrogens is 434 g/mol. The van der Waals surface area contributed by atoms with Gasteiger partial charge in [-0.05, 0) is 42.5 Å². The zero-order chi connectivity index (χ0) is 24.5. The Labute approximate surface area is 198 Å². The highest BCUT2D eigenvalue weighted by molar-refractivity contribution is 6.02. The Hall–Kier alpha value is -4.15. The number of aliphatic hydroxyl groups excluding tert-OH is 1. The fraction of sp³-hybridized carbons (Fsp3) is 0.222. The van der Waals surface area contributed by atoms with Crippen molar-refractivity contribution in [1.29, 1.82) is 0 Å². The number of rotatable bonds is 11. The summed E-state index contributed by atoms with van der Waals surface area (Å²) in [6.45, 7) is -0.0215. The summed E-state index contributed by atoms with van der Waals surface area (Å²) in [6, 6.07) is 15.2. The Kier molecular flexibility index (Phi) is 8.38. The van der Waals surface area contributed by atoms with E-state index in [1.54, 1.807) is 42.5 Å². The van der Waals surface area contributed by atoms with E-state index >= 15 is 0 Å². The first-order valence-electron chi connectivity index (χ1n) is 10.6. The Balaban J connectivity index is 1.73. The van der Waals surface area contributed by atoms with Crippen LogP contribution in [0.1, 0.15) is 39.3 Å². The molecule has 0 aliphatic carbocycles. The number of hydrogen-bond acceptors (Lipinski definition) is 7. The SMILES string of the molecule is C#Cc1ccc(-c2nc(C(=O)CCC(=O)c3ccc(OCCO)c(OC)c3)ccc2OC)cc1. The molecule has 1 N–H and O–H groups in total. The number of pyridine rings is 1. The largest absolute Gasteiger partial charge is 0.494 e. The van der Waals surface area contributed by atoms with E-state index in [1.165, 1.54) is 14.2 Å². The van der Waals surface area contributed by atoms with Crippen LogP contribution < -0.4 is 14.2 Å². The number of benzene rings is 2. The highest BCUT2D eigenvalue weighted by Crippen LogP contribution is 2.30. The molecule has 0 unspecified atom stereocenters. The van der Waals surface area contributed by atoms with Crippen LogP contribution in [-0.2, 0) is 0 Å². The van der Waals surface area contributed by atoms with Gasteiger partial charge in [-0.2, -0.15) is 0 Å². The molecule has 0 aliphatic heterocycles. The standard InChI is InChI=1S/C27H25NO6/c1-4-18-5-7-19(8-6-18)27-25(32-2)14-10-21(28-27)23(31)12-11-22(30)20-9-13-24(34-16-15-29)26(17-20)33-3/h1,5-10,13-14,17,29H,11-12,15-16H2,2-3H3. The van der Waals surface area contributed by atoms with Crippen molar-refractivity contribution in [3.63, 3.8) is 0 Å². The van der Waals surface area contributed by atoms with E-state index in [0.717, 1.165) is 11.1 Å². The zero-order valence-electron chi connectivity index (χ0n) is 19.0. The van der Waals surface area contributed by atoms with Crippen molar-refractivity contribution in [3.05, 3.63) is 71.4 Å². The van der Waals surface area contributed by atoms with Crippen LogP contribution >= 0.6 is 0 Å². The van der Waals surface area contributed by atoms with Gasteiger partial charge in [0, 0.05) is 29.5 Å². The fourth-order valence-electron chi connectivity index (χ4n) is 3.31. The summed E-state index contributed by atoms with van der Waals surface area (Å²) < 4.78 is 16.0. The molecule has 2 aromatic carbocycles. The molecule has 0 fully saturated rings. The molecule has 174 valence electrons. The number of methoxy groups -OCH3 is 2. The molecular formula is C27H25NO6. The van der Waals surface area contributed by atoms with Gasteiger partial charge in [0.1, 0.15) is 23.7 Å². The van der Waals surface area contributed by atoms with Crippen molar-refractivity contribution in [3.8, 4) is 40.8 Å². The summed E-state index contributed by atoms with van der Waals surface area (Å²) in [5, 5.41) is 8.91. The van der Waals surface area contributed by atoms with Gasteiger partial charge in [0.05, 0.1) is 20.8 Å². The molecule has 0 atom stereocenters. The van der Waals surface area contributed by atoms with E-state index < -0.39 is 0 Å². The molecule has 34 heavy (non-hydrogen) atoms. The molecule has 0 bridgehead atoms. The number of hydrogen-bond donors (Lipinski definition) is 1. The van der Waals surface area contributed by atoms with Crippen LogP contribution in [0.3, 0.4) is 0 Å². The number of aromatic nitrogens is 1. The lowest BCUT2D eigenvalue weighted by Gasteiger charge is -2.11. The molecule has 1 heterocycles. The van der Waals surface area contributed by atoms with Gasteiger partial charge >= 0.3 is 0 Å². The number of nitrogens with zero attached hydrogens (tertiary/aromatic N) is 1. The summed E-state index contributed by atoms with van der Waals surface area (Å²) >= 11 is 0. The Bertz CT molecular complexity index is 1210. The van der Waals surface area contributed by atoms with Gasteiger partial charge in [0.2, 0.25) is 0 Å². The molecule has 0 saturated carbocycles. The van der Waals surface area contributed by atoms with Crippen molar-refractivity contribution in [2.45, 2.75) is 12.8 Å². The maximum absolute atomic E-state index is 12.8. The van der Waals surface area contributed by atoms with Crippen molar-refractivity contribution >= 4 is 11.6 Å². The van der Waals surface area contributed by atoms with Crippen molar-refractivity contribution in [2.75, 3.05) is 27.4 Å². The Morgan fingerprint density at radius 2 is 1.59 bits per heavy atom. The van der Waals surface area contributed by atoms with Crippen LogP contribution in [0.5, 0.6) is 17.2 Å². The van der Waals surface area contributed by atoms with Gasteiger partial charge in [-0.3, -0.25) is 9.59 Å². The molecule has 0 amide bonds. The van der Waals surface area contributed by atoms with Crippen molar-refractivity contribution in [2.24, 2.45) is 0 Å². The molecule has 0 radical (unpaired) electrons. The first kappa shape index (κ1) is 24.5. The van der Waals surface area contributed by atoms with E-state index in [2.05, 4.69) is 10.9 Å². The Morgan fingerprint density at radius 3 is 2.24 bits per heavy atom. The van der Waals surface area contributed by atoms with Crippen LogP contribution in [0, 0.1) is 12.3 Å². The van der Waals surface area contributed by atoms with Gasteiger partial charge in [-0.25, -0.2) is 4.98 Å². The summed E-state index contributed by atoms with van der Waals surface area (Å²) in [7, 11) is 3.00. The van der Waals surface area contributed by atoms with Gasteiger partial charge < -0.3 is 19.3 Å². The van der Waals surface area contributed by atoms with Gasteiger partial charge in [-0.15, -0.1) is 6.42 Å². The maximum atomic E-state index is 12.8. The smallest absolute Gasteiger partial charge is 0.181 e. The number of Topliss-reactive ketones (excluding diaryl/α,β-unsaturated/α-hetero) is 2. The van der Waals surface area contributed by atoms with E-state index in [9.17, 15) is 9.59 Å². The van der Waals surface area contributed by atoms with Crippen LogP contribution in [0.2, 0.25) is 0 Å². The quantitative estimate of drug-likeness (QED) is 0.343. The normalized spacial score (nSPS) is 10.3. The molecule has 0 spiro atoms. The topological polar surface area (TPSA) is 95.0 Å². The monoisotopic (exact) mass is 459 g/mol. The van der Waals surface area contributed by atoms with Crippen LogP contribution in [0.15, 0.2) is 54.6 Å². The molecule has 3 rings (SSSR count). The highest BCUT2D eigenvalue weighted by Gasteiger charge is 2.17. The number of carbonyl (C=O) groups is 2. The first-order valence-corrected chi connectivity index (χ1v) is 10.6. The minimum absolute atomic E-state index is 0.00128. The summed E-state index contributed by atoms with van der Waals surface area (Å²) in [6.07, 6.45) is 5.43. The van der Waals surface area contributed by atoms with E-state index in [-0.39, 0.29) is 43.3 Å². The van der Waals surface area contributed by atoms with Gasteiger partial charge in [0.15, 0.2) is 23.1 Å². The van der Waals surface area contributed by atoms with Crippen molar-refractivity contribution in [1.82, 2.24) is 4.98 Å². The second-order valence-corrected chi connectivity index (χ2v) is 7.25. The predicted molar refractivity (Wildman–Crippen MR) is 128 cm³/mol. The summed E-state index contributed by atoms with van der Waals surface area (Å²) in [5.74, 6) is 3.42. The second-order valence-electron chi connectivity index (χ2n) is 7.25. The van der Waals surface area contributed by atoms with E-state index in [1.807, 2.05) is 12.1 Å². The van der Waals surface area contributed by atoms with Crippen LogP contribution in [-0.4, -0.2) is 49.1 Å². The number of ketones is 2. The van der Waals surface area contributed by atoms with Crippen LogP contribution in [0.4, 0.5) is 0 Å². The lowest BCUT2D eigenvalue weighted by Crippen LogP contribution is -2.08. The van der Waals surface area contributed by atoms with Crippen molar-refractivity contribution < 1.29 is 28.9 Å². The van der Waals surface area contributed by atoms with E-state index in [4.69, 9.17) is 25.7 Å². The third kappa shape index (κ3) is 5.80. The number of terminal acetylenes is 1. The molecule has 7 nitrogen and oxygen atoms in total. The number of aliphatic hydroxyl groups is 1. The molecule has 7 heteroatoms. The zero-order valence-corrected chi connectivity index (χ0v) is 19.0. The minimum Gasteiger partial charge on any atom is -0.494 e. The Morgan fingerprint density at radius 1 is 0.912 bits per heavy atom. The van der Waals surface area contributed by atoms with E-state index in [0.29, 0.717) is 28.5 Å². The third-order valence-electron chi connectivity index (χ3n) is 5.10. The second kappa shape index (κ2) is 11.6. The maximum Gasteiger partial charge on any atom is 0.181 e. The number of carbonyl (C=O) groups excluding carboxylic acids is 2. The van der Waals surface area contributed by atoms with Gasteiger partial charge in [0.25, 0.3) is 0 Å². The first-order chi connectivity index (χ1) is 16.5. The summed E-state index contributed by atoms with van der Waals surface area (Å²) in [5.41, 5.74) is 2.66.